The largest absolute Gasteiger partial charge is 0.374 e. The molecule has 0 aliphatic heterocycles. The number of allylic oxidation sites excluding steroid dienone is 3. The topological polar surface area (TPSA) is 35.2 Å². The maximum atomic E-state index is 5.58. The van der Waals surface area contributed by atoms with Crippen LogP contribution in [-0.2, 0) is 4.74 Å². The Morgan fingerprint density at radius 2 is 1.56 bits per heavy atom. The average molecular weight is 372 g/mol. The minimum absolute atomic E-state index is 0.264. The van der Waals surface area contributed by atoms with Gasteiger partial charge in [-0.2, -0.15) is 0 Å². The fraction of sp³-hybridized carbons (Fsp3) is 0.727. The predicted octanol–water partition coefficient (Wildman–Crippen LogP) is 7.14. The summed E-state index contributed by atoms with van der Waals surface area (Å²) in [4.78, 5) is 0. The van der Waals surface area contributed by atoms with E-state index in [1.165, 1.54) is 24.8 Å². The summed E-state index contributed by atoms with van der Waals surface area (Å²) in [6.07, 6.45) is 10.2. The van der Waals surface area contributed by atoms with Gasteiger partial charge in [-0.3, -0.25) is 5.14 Å². The van der Waals surface area contributed by atoms with Crippen molar-refractivity contribution in [1.82, 2.24) is 0 Å². The van der Waals surface area contributed by atoms with Crippen molar-refractivity contribution in [3.8, 4) is 0 Å². The Kier molecular flexibility index (Phi) is 21.4. The van der Waals surface area contributed by atoms with Crippen molar-refractivity contribution in [2.75, 3.05) is 6.61 Å². The Labute approximate surface area is 164 Å². The Hall–Kier alpha value is -0.510. The first-order valence-electron chi connectivity index (χ1n) is 9.34. The van der Waals surface area contributed by atoms with Crippen LogP contribution in [0.4, 0.5) is 0 Å². The van der Waals surface area contributed by atoms with Gasteiger partial charge in [-0.25, -0.2) is 0 Å². The van der Waals surface area contributed by atoms with Crippen LogP contribution in [0, 0.1) is 11.3 Å². The molecule has 0 heterocycles. The molecule has 2 nitrogen and oxygen atoms in total. The molecule has 0 rings (SSSR count). The van der Waals surface area contributed by atoms with E-state index >= 15 is 0 Å². The molecule has 0 bridgehead atoms. The fourth-order valence-corrected chi connectivity index (χ4v) is 1.67. The highest BCUT2D eigenvalue weighted by molar-refractivity contribution is 7.77. The van der Waals surface area contributed by atoms with Gasteiger partial charge in [-0.05, 0) is 56.9 Å². The van der Waals surface area contributed by atoms with E-state index in [2.05, 4.69) is 85.2 Å². The van der Waals surface area contributed by atoms with Gasteiger partial charge in [0.15, 0.2) is 0 Å². The lowest BCUT2D eigenvalue weighted by molar-refractivity contribution is 0.0988. The second-order valence-corrected chi connectivity index (χ2v) is 8.46. The van der Waals surface area contributed by atoms with Crippen LogP contribution in [0.1, 0.15) is 81.6 Å². The minimum atomic E-state index is 0.264. The highest BCUT2D eigenvalue weighted by Crippen LogP contribution is 2.23. The van der Waals surface area contributed by atoms with Crippen LogP contribution < -0.4 is 5.14 Å². The summed E-state index contributed by atoms with van der Waals surface area (Å²) in [5.74, 6) is 0.833. The zero-order chi connectivity index (χ0) is 20.5. The van der Waals surface area contributed by atoms with Gasteiger partial charge in [0.2, 0.25) is 0 Å². The SMILES string of the molecule is C=C/C(=C\C=C(/C)CCCC(C)(C)C)COC(C)C.CC(C)C.NS. The summed E-state index contributed by atoms with van der Waals surface area (Å²) in [6.45, 7) is 24.2. The molecule has 0 aliphatic rings. The van der Waals surface area contributed by atoms with Crippen LogP contribution in [0.25, 0.3) is 0 Å². The van der Waals surface area contributed by atoms with Gasteiger partial charge in [-0.15, -0.1) is 12.8 Å². The summed E-state index contributed by atoms with van der Waals surface area (Å²) in [6, 6.07) is 0. The van der Waals surface area contributed by atoms with Crippen LogP contribution in [0.5, 0.6) is 0 Å². The van der Waals surface area contributed by atoms with Crippen molar-refractivity contribution in [3.05, 3.63) is 36.0 Å². The molecule has 0 saturated heterocycles. The van der Waals surface area contributed by atoms with E-state index in [0.717, 1.165) is 11.5 Å². The number of thiol groups is 1. The molecule has 0 aromatic carbocycles. The van der Waals surface area contributed by atoms with Gasteiger partial charge in [0.25, 0.3) is 0 Å². The van der Waals surface area contributed by atoms with Gasteiger partial charge < -0.3 is 4.74 Å². The molecule has 2 N–H and O–H groups in total. The zero-order valence-corrected chi connectivity index (χ0v) is 19.2. The van der Waals surface area contributed by atoms with Crippen LogP contribution in [0.3, 0.4) is 0 Å². The van der Waals surface area contributed by atoms with Crippen molar-refractivity contribution >= 4 is 12.8 Å². The third-order valence-corrected chi connectivity index (χ3v) is 2.93. The molecule has 0 aromatic heterocycles. The minimum Gasteiger partial charge on any atom is -0.374 e. The summed E-state index contributed by atoms with van der Waals surface area (Å²) in [7, 11) is 0. The normalized spacial score (nSPS) is 12.4. The molecule has 0 aromatic rings. The van der Waals surface area contributed by atoms with E-state index in [4.69, 9.17) is 4.74 Å². The van der Waals surface area contributed by atoms with E-state index in [0.29, 0.717) is 12.0 Å². The highest BCUT2D eigenvalue weighted by Gasteiger charge is 2.08. The lowest BCUT2D eigenvalue weighted by atomic mass is 9.89. The summed E-state index contributed by atoms with van der Waals surface area (Å²) in [5.41, 5.74) is 3.00. The average Bonchev–Trinajstić information content (AvgIpc) is 2.47. The number of hydrogen-bond donors (Lipinski definition) is 2. The van der Waals surface area contributed by atoms with E-state index in [9.17, 15) is 0 Å². The molecule has 0 amide bonds. The molecule has 0 radical (unpaired) electrons. The zero-order valence-electron chi connectivity index (χ0n) is 18.4. The van der Waals surface area contributed by atoms with Crippen LogP contribution in [0.2, 0.25) is 0 Å². The first kappa shape index (κ1) is 29.3. The highest BCUT2D eigenvalue weighted by atomic mass is 32.1. The number of ether oxygens (including phenoxy) is 1. The molecule has 0 fully saturated rings. The first-order chi connectivity index (χ1) is 11.5. The van der Waals surface area contributed by atoms with Crippen molar-refractivity contribution in [2.45, 2.75) is 87.7 Å². The third kappa shape index (κ3) is 31.7. The molecule has 0 atom stereocenters. The van der Waals surface area contributed by atoms with Gasteiger partial charge in [0, 0.05) is 0 Å². The Morgan fingerprint density at radius 3 is 1.92 bits per heavy atom. The monoisotopic (exact) mass is 371 g/mol. The lowest BCUT2D eigenvalue weighted by Gasteiger charge is -2.17. The number of rotatable bonds is 8. The van der Waals surface area contributed by atoms with E-state index in [1.807, 2.05) is 19.9 Å². The second-order valence-electron chi connectivity index (χ2n) is 8.46. The van der Waals surface area contributed by atoms with Gasteiger partial charge in [-0.1, -0.05) is 71.9 Å². The quantitative estimate of drug-likeness (QED) is 0.351. The fourth-order valence-electron chi connectivity index (χ4n) is 1.67. The Bertz CT molecular complexity index is 360. The molecule has 0 aliphatic carbocycles. The molecular weight excluding hydrogens is 326 g/mol. The van der Waals surface area contributed by atoms with Crippen LogP contribution in [-0.4, -0.2) is 12.7 Å². The van der Waals surface area contributed by atoms with Gasteiger partial charge in [0.1, 0.15) is 0 Å². The van der Waals surface area contributed by atoms with E-state index < -0.39 is 0 Å². The Balaban J connectivity index is -0.000000701. The molecular formula is C22H45NOS. The van der Waals surface area contributed by atoms with Crippen molar-refractivity contribution < 1.29 is 4.74 Å². The van der Waals surface area contributed by atoms with Crippen molar-refractivity contribution in [1.29, 1.82) is 0 Å². The predicted molar refractivity (Wildman–Crippen MR) is 120 cm³/mol. The number of nitrogens with two attached hydrogens (primary N) is 1. The maximum Gasteiger partial charge on any atom is 0.0720 e. The molecule has 3 heteroatoms. The Morgan fingerprint density at radius 1 is 1.08 bits per heavy atom. The summed E-state index contributed by atoms with van der Waals surface area (Å²) >= 11 is 3.03. The van der Waals surface area contributed by atoms with Crippen LogP contribution in [0.15, 0.2) is 36.0 Å². The lowest BCUT2D eigenvalue weighted by Crippen LogP contribution is -2.05. The van der Waals surface area contributed by atoms with E-state index in [1.54, 1.807) is 0 Å². The summed E-state index contributed by atoms with van der Waals surface area (Å²) in [5, 5.41) is 4.19. The van der Waals surface area contributed by atoms with E-state index in [-0.39, 0.29) is 6.10 Å². The molecule has 0 saturated carbocycles. The van der Waals surface area contributed by atoms with Gasteiger partial charge in [0.05, 0.1) is 12.7 Å². The first-order valence-corrected chi connectivity index (χ1v) is 9.85. The summed E-state index contributed by atoms with van der Waals surface area (Å²) < 4.78 is 5.58. The molecule has 25 heavy (non-hydrogen) atoms. The van der Waals surface area contributed by atoms with Gasteiger partial charge >= 0.3 is 0 Å². The number of hydrogen-bond acceptors (Lipinski definition) is 3. The van der Waals surface area contributed by atoms with Crippen molar-refractivity contribution in [2.24, 2.45) is 16.5 Å². The standard InChI is InChI=1S/C18H32O.C4H10.H3NS/c1-8-17(14-19-15(2)3)12-11-16(4)10-9-13-18(5,6)7;1-4(2)3;1-2/h8,11-12,15H,1,9-10,13-14H2,2-7H3;4H,1-3H3;2H,1H2/b16-11+,17-12+;;. The second kappa shape index (κ2) is 18.3. The van der Waals surface area contributed by atoms with Crippen LogP contribution >= 0.6 is 12.8 Å². The maximum absolute atomic E-state index is 5.58. The molecule has 0 spiro atoms. The smallest absolute Gasteiger partial charge is 0.0720 e. The third-order valence-electron chi connectivity index (χ3n) is 2.93. The molecule has 0 unspecified atom stereocenters. The van der Waals surface area contributed by atoms with Crippen molar-refractivity contribution in [3.63, 3.8) is 0 Å². The molecule has 150 valence electrons.